The van der Waals surface area contributed by atoms with Crippen LogP contribution in [-0.2, 0) is 6.42 Å². The largest absolute Gasteiger partial charge is 0.493 e. The van der Waals surface area contributed by atoms with E-state index in [-0.39, 0.29) is 5.91 Å². The van der Waals surface area contributed by atoms with Gasteiger partial charge in [0.1, 0.15) is 5.75 Å². The minimum atomic E-state index is -0.180. The highest BCUT2D eigenvalue weighted by Gasteiger charge is 2.16. The van der Waals surface area contributed by atoms with Crippen molar-refractivity contribution >= 4 is 33.2 Å². The van der Waals surface area contributed by atoms with Crippen molar-refractivity contribution < 1.29 is 9.53 Å². The molecule has 0 saturated carbocycles. The van der Waals surface area contributed by atoms with E-state index in [2.05, 4.69) is 21.2 Å². The van der Waals surface area contributed by atoms with Gasteiger partial charge < -0.3 is 15.8 Å². The van der Waals surface area contributed by atoms with Crippen molar-refractivity contribution in [3.8, 4) is 5.75 Å². The Bertz CT molecular complexity index is 705. The maximum Gasteiger partial charge on any atom is 0.255 e. The topological polar surface area (TPSA) is 64.3 Å². The van der Waals surface area contributed by atoms with Crippen molar-refractivity contribution in [2.45, 2.75) is 13.3 Å². The Morgan fingerprint density at radius 2 is 2.14 bits per heavy atom. The molecule has 0 saturated heterocycles. The number of carbonyl (C=O) groups is 1. The number of hydrogen-bond donors (Lipinski definition) is 2. The van der Waals surface area contributed by atoms with Crippen LogP contribution in [0.1, 0.15) is 21.5 Å². The summed E-state index contributed by atoms with van der Waals surface area (Å²) in [4.78, 5) is 12.4. The molecule has 3 N–H and O–H groups in total. The third kappa shape index (κ3) is 2.74. The predicted octanol–water partition coefficient (Wildman–Crippen LogP) is 3.53. The SMILES string of the molecule is Cc1cc(N)c(NC(=O)c2ccc3c(c2)CCO3)c(Br)c1. The number of nitrogens with two attached hydrogens (primary N) is 1. The van der Waals surface area contributed by atoms with Gasteiger partial charge in [-0.05, 0) is 64.3 Å². The number of nitrogen functional groups attached to an aromatic ring is 1. The fourth-order valence-corrected chi connectivity index (χ4v) is 3.10. The third-order valence-corrected chi connectivity index (χ3v) is 4.08. The van der Waals surface area contributed by atoms with Crippen molar-refractivity contribution in [2.75, 3.05) is 17.7 Å². The van der Waals surface area contributed by atoms with Crippen molar-refractivity contribution in [1.29, 1.82) is 0 Å². The molecule has 5 heteroatoms. The summed E-state index contributed by atoms with van der Waals surface area (Å²) in [5, 5.41) is 2.86. The molecule has 0 unspecified atom stereocenters. The van der Waals surface area contributed by atoms with Crippen LogP contribution in [0.15, 0.2) is 34.8 Å². The average molecular weight is 347 g/mol. The number of carbonyl (C=O) groups excluding carboxylic acids is 1. The van der Waals surface area contributed by atoms with E-state index in [1.165, 1.54) is 0 Å². The number of halogens is 1. The van der Waals surface area contributed by atoms with Crippen LogP contribution in [0.4, 0.5) is 11.4 Å². The molecule has 3 rings (SSSR count). The number of anilines is 2. The lowest BCUT2D eigenvalue weighted by Gasteiger charge is -2.12. The average Bonchev–Trinajstić information content (AvgIpc) is 2.89. The predicted molar refractivity (Wildman–Crippen MR) is 86.9 cm³/mol. The number of benzene rings is 2. The van der Waals surface area contributed by atoms with Gasteiger partial charge in [0.2, 0.25) is 0 Å². The van der Waals surface area contributed by atoms with E-state index in [1.807, 2.05) is 31.2 Å². The Hall–Kier alpha value is -2.01. The molecular formula is C16H15BrN2O2. The highest BCUT2D eigenvalue weighted by atomic mass is 79.9. The van der Waals surface area contributed by atoms with Gasteiger partial charge in [-0.2, -0.15) is 0 Å². The van der Waals surface area contributed by atoms with E-state index >= 15 is 0 Å². The monoisotopic (exact) mass is 346 g/mol. The Morgan fingerprint density at radius 1 is 1.33 bits per heavy atom. The van der Waals surface area contributed by atoms with Crippen LogP contribution in [0, 0.1) is 6.92 Å². The van der Waals surface area contributed by atoms with Crippen LogP contribution in [0.25, 0.3) is 0 Å². The number of ether oxygens (including phenoxy) is 1. The van der Waals surface area contributed by atoms with Gasteiger partial charge in [0.25, 0.3) is 5.91 Å². The van der Waals surface area contributed by atoms with Crippen molar-refractivity contribution in [2.24, 2.45) is 0 Å². The standard InChI is InChI=1S/C16H15BrN2O2/c1-9-6-12(17)15(13(18)7-9)19-16(20)11-2-3-14-10(8-11)4-5-21-14/h2-3,6-8H,4-5,18H2,1H3,(H,19,20). The van der Waals surface area contributed by atoms with Crippen molar-refractivity contribution in [3.63, 3.8) is 0 Å². The normalized spacial score (nSPS) is 12.7. The molecule has 1 aliphatic rings. The molecule has 0 aromatic heterocycles. The van der Waals surface area contributed by atoms with Gasteiger partial charge in [0.15, 0.2) is 0 Å². The lowest BCUT2D eigenvalue weighted by Crippen LogP contribution is -2.14. The van der Waals surface area contributed by atoms with Crippen LogP contribution in [0.5, 0.6) is 5.75 Å². The highest BCUT2D eigenvalue weighted by Crippen LogP contribution is 2.31. The van der Waals surface area contributed by atoms with Crippen molar-refractivity contribution in [1.82, 2.24) is 0 Å². The van der Waals surface area contributed by atoms with Gasteiger partial charge in [0, 0.05) is 16.5 Å². The zero-order chi connectivity index (χ0) is 15.0. The number of nitrogens with one attached hydrogen (secondary N) is 1. The second-order valence-electron chi connectivity index (χ2n) is 5.09. The van der Waals surface area contributed by atoms with Crippen LogP contribution in [0.3, 0.4) is 0 Å². The Balaban J connectivity index is 1.87. The number of hydrogen-bond acceptors (Lipinski definition) is 3. The maximum absolute atomic E-state index is 12.4. The van der Waals surface area contributed by atoms with E-state index < -0.39 is 0 Å². The summed E-state index contributed by atoms with van der Waals surface area (Å²) in [6, 6.07) is 9.22. The summed E-state index contributed by atoms with van der Waals surface area (Å²) in [5.41, 5.74) is 9.82. The molecule has 21 heavy (non-hydrogen) atoms. The Labute approximate surface area is 131 Å². The Kier molecular flexibility index (Phi) is 3.59. The summed E-state index contributed by atoms with van der Waals surface area (Å²) in [7, 11) is 0. The number of fused-ring (bicyclic) bond motifs is 1. The fourth-order valence-electron chi connectivity index (χ4n) is 2.41. The number of aryl methyl sites for hydroxylation is 1. The van der Waals surface area contributed by atoms with Crippen LogP contribution in [0.2, 0.25) is 0 Å². The van der Waals surface area contributed by atoms with E-state index in [0.717, 1.165) is 27.8 Å². The molecule has 0 bridgehead atoms. The van der Waals surface area contributed by atoms with Gasteiger partial charge in [-0.1, -0.05) is 0 Å². The zero-order valence-corrected chi connectivity index (χ0v) is 13.2. The first-order valence-corrected chi connectivity index (χ1v) is 7.46. The molecule has 2 aromatic rings. The molecule has 1 aliphatic heterocycles. The van der Waals surface area contributed by atoms with Crippen LogP contribution in [-0.4, -0.2) is 12.5 Å². The first kappa shape index (κ1) is 13.9. The van der Waals surface area contributed by atoms with Gasteiger partial charge in [-0.25, -0.2) is 0 Å². The minimum absolute atomic E-state index is 0.180. The molecule has 1 heterocycles. The molecule has 0 spiro atoms. The molecule has 108 valence electrons. The quantitative estimate of drug-likeness (QED) is 0.817. The van der Waals surface area contributed by atoms with E-state index in [9.17, 15) is 4.79 Å². The summed E-state index contributed by atoms with van der Waals surface area (Å²) in [6.07, 6.45) is 0.840. The second kappa shape index (κ2) is 5.41. The third-order valence-electron chi connectivity index (χ3n) is 3.46. The summed E-state index contributed by atoms with van der Waals surface area (Å²) in [5.74, 6) is 0.684. The number of rotatable bonds is 2. The van der Waals surface area contributed by atoms with Gasteiger partial charge in [-0.3, -0.25) is 4.79 Å². The molecule has 1 amide bonds. The Morgan fingerprint density at radius 3 is 2.90 bits per heavy atom. The summed E-state index contributed by atoms with van der Waals surface area (Å²) < 4.78 is 6.22. The molecule has 0 aliphatic carbocycles. The highest BCUT2D eigenvalue weighted by molar-refractivity contribution is 9.10. The molecule has 0 fully saturated rings. The van der Waals surface area contributed by atoms with Crippen LogP contribution >= 0.6 is 15.9 Å². The summed E-state index contributed by atoms with van der Waals surface area (Å²) >= 11 is 3.43. The zero-order valence-electron chi connectivity index (χ0n) is 11.6. The molecular weight excluding hydrogens is 332 g/mol. The molecule has 0 radical (unpaired) electrons. The van der Waals surface area contributed by atoms with E-state index in [1.54, 1.807) is 6.07 Å². The molecule has 0 atom stereocenters. The first-order chi connectivity index (χ1) is 10.0. The summed E-state index contributed by atoms with van der Waals surface area (Å²) in [6.45, 7) is 2.63. The molecule has 2 aromatic carbocycles. The maximum atomic E-state index is 12.4. The second-order valence-corrected chi connectivity index (χ2v) is 5.94. The smallest absolute Gasteiger partial charge is 0.255 e. The van der Waals surface area contributed by atoms with Gasteiger partial charge >= 0.3 is 0 Å². The first-order valence-electron chi connectivity index (χ1n) is 6.67. The lowest BCUT2D eigenvalue weighted by atomic mass is 10.1. The number of amides is 1. The van der Waals surface area contributed by atoms with Gasteiger partial charge in [-0.15, -0.1) is 0 Å². The van der Waals surface area contributed by atoms with Gasteiger partial charge in [0.05, 0.1) is 18.0 Å². The fraction of sp³-hybridized carbons (Fsp3) is 0.188. The van der Waals surface area contributed by atoms with Crippen molar-refractivity contribution in [3.05, 3.63) is 51.5 Å². The minimum Gasteiger partial charge on any atom is -0.493 e. The van der Waals surface area contributed by atoms with Crippen LogP contribution < -0.4 is 15.8 Å². The lowest BCUT2D eigenvalue weighted by molar-refractivity contribution is 0.102. The van der Waals surface area contributed by atoms with E-state index in [0.29, 0.717) is 23.5 Å². The van der Waals surface area contributed by atoms with E-state index in [4.69, 9.17) is 10.5 Å². The molecule has 4 nitrogen and oxygen atoms in total.